The number of pyridine rings is 1. The molecule has 0 spiro atoms. The van der Waals surface area contributed by atoms with Gasteiger partial charge in [-0.15, -0.1) is 11.8 Å². The Hall–Kier alpha value is -1.23. The van der Waals surface area contributed by atoms with E-state index in [-0.39, 0.29) is 0 Å². The summed E-state index contributed by atoms with van der Waals surface area (Å²) in [6, 6.07) is 11.7. The molecule has 20 heavy (non-hydrogen) atoms. The first kappa shape index (κ1) is 15.2. The molecule has 1 aromatic heterocycles. The number of hydrogen-bond acceptors (Lipinski definition) is 4. The lowest BCUT2D eigenvalue weighted by Gasteiger charge is -2.06. The van der Waals surface area contributed by atoms with Gasteiger partial charge in [-0.25, -0.2) is 4.98 Å². The summed E-state index contributed by atoms with van der Waals surface area (Å²) in [6.45, 7) is 1.26. The molecule has 1 aromatic carbocycles. The number of rotatable bonds is 7. The van der Waals surface area contributed by atoms with Crippen molar-refractivity contribution in [3.05, 3.63) is 53.2 Å². The second-order valence-electron chi connectivity index (χ2n) is 4.21. The van der Waals surface area contributed by atoms with E-state index in [0.29, 0.717) is 18.2 Å². The van der Waals surface area contributed by atoms with Crippen molar-refractivity contribution in [3.63, 3.8) is 0 Å². The number of thioether (sulfide) groups is 1. The molecule has 0 aliphatic carbocycles. The zero-order valence-corrected chi connectivity index (χ0v) is 12.7. The molecule has 0 amide bonds. The van der Waals surface area contributed by atoms with Crippen molar-refractivity contribution in [2.45, 2.75) is 18.0 Å². The van der Waals surface area contributed by atoms with Crippen molar-refractivity contribution in [1.29, 1.82) is 0 Å². The second-order valence-corrected chi connectivity index (χ2v) is 5.76. The van der Waals surface area contributed by atoms with E-state index >= 15 is 0 Å². The first-order valence-corrected chi connectivity index (χ1v) is 7.80. The van der Waals surface area contributed by atoms with Crippen LogP contribution < -0.4 is 10.5 Å². The van der Waals surface area contributed by atoms with E-state index < -0.39 is 0 Å². The van der Waals surface area contributed by atoms with Crippen molar-refractivity contribution in [2.75, 3.05) is 12.4 Å². The van der Waals surface area contributed by atoms with Crippen molar-refractivity contribution in [1.82, 2.24) is 4.98 Å². The van der Waals surface area contributed by atoms with Gasteiger partial charge in [0.05, 0.1) is 16.7 Å². The normalized spacial score (nSPS) is 10.5. The summed E-state index contributed by atoms with van der Waals surface area (Å²) < 4.78 is 5.67. The molecule has 5 heteroatoms. The molecular formula is C15H17ClN2OS. The highest BCUT2D eigenvalue weighted by Crippen LogP contribution is 2.18. The largest absolute Gasteiger partial charge is 0.494 e. The summed E-state index contributed by atoms with van der Waals surface area (Å²) in [4.78, 5) is 4.23. The summed E-state index contributed by atoms with van der Waals surface area (Å²) in [7, 11) is 0. The number of aromatic nitrogens is 1. The van der Waals surface area contributed by atoms with E-state index in [2.05, 4.69) is 4.98 Å². The van der Waals surface area contributed by atoms with Crippen molar-refractivity contribution < 1.29 is 4.74 Å². The van der Waals surface area contributed by atoms with Crippen molar-refractivity contribution >= 4 is 23.4 Å². The van der Waals surface area contributed by atoms with Gasteiger partial charge >= 0.3 is 0 Å². The minimum Gasteiger partial charge on any atom is -0.494 e. The molecule has 0 radical (unpaired) electrons. The van der Waals surface area contributed by atoms with E-state index in [1.54, 1.807) is 18.0 Å². The Morgan fingerprint density at radius 1 is 1.15 bits per heavy atom. The molecule has 0 unspecified atom stereocenters. The maximum absolute atomic E-state index is 5.79. The first-order valence-electron chi connectivity index (χ1n) is 6.44. The lowest BCUT2D eigenvalue weighted by atomic mass is 10.2. The molecule has 2 rings (SSSR count). The molecule has 0 aliphatic rings. The quantitative estimate of drug-likeness (QED) is 0.625. The fraction of sp³-hybridized carbons (Fsp3) is 0.267. The van der Waals surface area contributed by atoms with E-state index in [0.717, 1.165) is 28.5 Å². The van der Waals surface area contributed by atoms with Crippen LogP contribution in [0.2, 0.25) is 5.02 Å². The summed E-state index contributed by atoms with van der Waals surface area (Å²) in [5.74, 6) is 1.85. The van der Waals surface area contributed by atoms with E-state index in [9.17, 15) is 0 Å². The van der Waals surface area contributed by atoms with E-state index in [1.165, 1.54) is 0 Å². The van der Waals surface area contributed by atoms with Crippen LogP contribution in [0.25, 0.3) is 0 Å². The van der Waals surface area contributed by atoms with Crippen LogP contribution in [0.1, 0.15) is 12.0 Å². The minimum absolute atomic E-state index is 0.561. The lowest BCUT2D eigenvalue weighted by molar-refractivity contribution is 0.318. The average Bonchev–Trinajstić information content (AvgIpc) is 2.49. The average molecular weight is 309 g/mol. The van der Waals surface area contributed by atoms with Gasteiger partial charge in [0.25, 0.3) is 0 Å². The molecular weight excluding hydrogens is 292 g/mol. The van der Waals surface area contributed by atoms with Gasteiger partial charge in [-0.3, -0.25) is 0 Å². The molecule has 0 atom stereocenters. The van der Waals surface area contributed by atoms with Crippen LogP contribution in [0.15, 0.2) is 47.6 Å². The highest BCUT2D eigenvalue weighted by molar-refractivity contribution is 7.99. The second kappa shape index (κ2) is 8.15. The van der Waals surface area contributed by atoms with Crippen molar-refractivity contribution in [2.24, 2.45) is 5.73 Å². The van der Waals surface area contributed by atoms with Crippen LogP contribution in [0, 0.1) is 0 Å². The summed E-state index contributed by atoms with van der Waals surface area (Å²) in [5.41, 5.74) is 6.66. The smallest absolute Gasteiger partial charge is 0.119 e. The zero-order chi connectivity index (χ0) is 14.2. The molecule has 106 valence electrons. The Bertz CT molecular complexity index is 516. The van der Waals surface area contributed by atoms with E-state index in [1.807, 2.05) is 36.4 Å². The zero-order valence-electron chi connectivity index (χ0n) is 11.1. The molecule has 2 aromatic rings. The maximum Gasteiger partial charge on any atom is 0.119 e. The van der Waals surface area contributed by atoms with Gasteiger partial charge in [-0.2, -0.15) is 0 Å². The first-order chi connectivity index (χ1) is 9.78. The minimum atomic E-state index is 0.561. The number of ether oxygens (including phenoxy) is 1. The van der Waals surface area contributed by atoms with Gasteiger partial charge in [-0.1, -0.05) is 23.7 Å². The monoisotopic (exact) mass is 308 g/mol. The Balaban J connectivity index is 1.64. The van der Waals surface area contributed by atoms with Crippen LogP contribution in [-0.4, -0.2) is 17.3 Å². The van der Waals surface area contributed by atoms with Crippen molar-refractivity contribution in [3.8, 4) is 5.75 Å². The van der Waals surface area contributed by atoms with E-state index in [4.69, 9.17) is 22.1 Å². The molecule has 0 saturated carbocycles. The predicted molar refractivity (Wildman–Crippen MR) is 84.4 cm³/mol. The van der Waals surface area contributed by atoms with Crippen LogP contribution in [-0.2, 0) is 6.54 Å². The van der Waals surface area contributed by atoms with Gasteiger partial charge in [0.1, 0.15) is 5.75 Å². The van der Waals surface area contributed by atoms with Gasteiger partial charge < -0.3 is 10.5 Å². The molecule has 1 heterocycles. The standard InChI is InChI=1S/C15H17ClN2OS/c16-13-4-7-15(18-11-13)20-9-1-8-19-14-5-2-12(10-17)3-6-14/h2-7,11H,1,8-10,17H2. The number of benzene rings is 1. The van der Waals surface area contributed by atoms with Gasteiger partial charge in [-0.05, 0) is 36.2 Å². The summed E-state index contributed by atoms with van der Waals surface area (Å²) in [6.07, 6.45) is 2.63. The third-order valence-electron chi connectivity index (χ3n) is 2.67. The van der Waals surface area contributed by atoms with Gasteiger partial charge in [0, 0.05) is 18.5 Å². The summed E-state index contributed by atoms with van der Waals surface area (Å²) in [5, 5.41) is 1.65. The van der Waals surface area contributed by atoms with Crippen LogP contribution in [0.4, 0.5) is 0 Å². The molecule has 0 fully saturated rings. The Kier molecular flexibility index (Phi) is 6.18. The Morgan fingerprint density at radius 2 is 1.95 bits per heavy atom. The maximum atomic E-state index is 5.79. The highest BCUT2D eigenvalue weighted by atomic mass is 35.5. The fourth-order valence-corrected chi connectivity index (χ4v) is 2.47. The van der Waals surface area contributed by atoms with Gasteiger partial charge in [0.15, 0.2) is 0 Å². The topological polar surface area (TPSA) is 48.1 Å². The molecule has 0 aliphatic heterocycles. The number of hydrogen-bond donors (Lipinski definition) is 1. The highest BCUT2D eigenvalue weighted by Gasteiger charge is 1.98. The molecule has 0 bridgehead atoms. The van der Waals surface area contributed by atoms with Gasteiger partial charge in [0.2, 0.25) is 0 Å². The third kappa shape index (κ3) is 5.04. The molecule has 3 nitrogen and oxygen atoms in total. The van der Waals surface area contributed by atoms with Crippen LogP contribution >= 0.6 is 23.4 Å². The van der Waals surface area contributed by atoms with Crippen LogP contribution in [0.5, 0.6) is 5.75 Å². The molecule has 0 saturated heterocycles. The van der Waals surface area contributed by atoms with Crippen LogP contribution in [0.3, 0.4) is 0 Å². The predicted octanol–water partition coefficient (Wildman–Crippen LogP) is 3.75. The lowest BCUT2D eigenvalue weighted by Crippen LogP contribution is -2.00. The number of nitrogens with two attached hydrogens (primary N) is 1. The SMILES string of the molecule is NCc1ccc(OCCCSc2ccc(Cl)cn2)cc1. The third-order valence-corrected chi connectivity index (χ3v) is 3.92. The number of nitrogens with zero attached hydrogens (tertiary/aromatic N) is 1. The number of halogens is 1. The Morgan fingerprint density at radius 3 is 2.60 bits per heavy atom. The molecule has 2 N–H and O–H groups in total. The fourth-order valence-electron chi connectivity index (χ4n) is 1.60. The Labute approximate surface area is 128 Å². The summed E-state index contributed by atoms with van der Waals surface area (Å²) >= 11 is 7.49.